The van der Waals surface area contributed by atoms with E-state index in [2.05, 4.69) is 15.4 Å². The van der Waals surface area contributed by atoms with E-state index in [1.807, 2.05) is 36.4 Å². The Morgan fingerprint density at radius 2 is 1.96 bits per heavy atom. The van der Waals surface area contributed by atoms with Crippen LogP contribution in [-0.2, 0) is 0 Å². The number of nitrogens with one attached hydrogen (secondary N) is 1. The molecule has 2 heterocycles. The van der Waals surface area contributed by atoms with Crippen LogP contribution in [0, 0.1) is 5.82 Å². The van der Waals surface area contributed by atoms with E-state index in [1.54, 1.807) is 10.7 Å². The van der Waals surface area contributed by atoms with E-state index in [-0.39, 0.29) is 11.9 Å². The Morgan fingerprint density at radius 1 is 1.13 bits per heavy atom. The normalized spacial score (nSPS) is 16.4. The summed E-state index contributed by atoms with van der Waals surface area (Å²) in [5.41, 5.74) is 2.67. The van der Waals surface area contributed by atoms with Crippen molar-refractivity contribution in [1.82, 2.24) is 14.8 Å². The highest BCUT2D eigenvalue weighted by atomic mass is 35.5. The van der Waals surface area contributed by atoms with Crippen LogP contribution in [0.25, 0.3) is 5.70 Å². The largest absolute Gasteiger partial charge is 0.324 e. The van der Waals surface area contributed by atoms with Crippen molar-refractivity contribution in [1.29, 1.82) is 0 Å². The molecule has 1 aliphatic heterocycles. The lowest BCUT2D eigenvalue weighted by Gasteiger charge is -2.24. The molecule has 0 fully saturated rings. The molecule has 0 saturated heterocycles. The minimum atomic E-state index is -0.274. The second-order valence-corrected chi connectivity index (χ2v) is 5.68. The molecule has 2 aromatic carbocycles. The summed E-state index contributed by atoms with van der Waals surface area (Å²) >= 11 is 5.95. The number of aromatic nitrogens is 3. The second-order valence-electron chi connectivity index (χ2n) is 5.24. The van der Waals surface area contributed by atoms with Crippen LogP contribution in [0.1, 0.15) is 17.2 Å². The number of anilines is 1. The Balaban J connectivity index is 1.81. The first-order chi connectivity index (χ1) is 11.2. The maximum atomic E-state index is 13.6. The van der Waals surface area contributed by atoms with Gasteiger partial charge in [-0.15, -0.1) is 0 Å². The van der Waals surface area contributed by atoms with E-state index >= 15 is 0 Å². The Morgan fingerprint density at radius 3 is 2.74 bits per heavy atom. The first-order valence-electron chi connectivity index (χ1n) is 7.10. The van der Waals surface area contributed by atoms with Crippen LogP contribution in [0.15, 0.2) is 60.9 Å². The molecule has 1 unspecified atom stereocenters. The maximum absolute atomic E-state index is 13.6. The van der Waals surface area contributed by atoms with E-state index in [4.69, 9.17) is 11.6 Å². The van der Waals surface area contributed by atoms with Gasteiger partial charge >= 0.3 is 0 Å². The zero-order valence-corrected chi connectivity index (χ0v) is 12.7. The van der Waals surface area contributed by atoms with Crippen LogP contribution in [-0.4, -0.2) is 14.8 Å². The summed E-state index contributed by atoms with van der Waals surface area (Å²) in [7, 11) is 0. The molecule has 4 rings (SSSR count). The summed E-state index contributed by atoms with van der Waals surface area (Å²) < 4.78 is 15.3. The number of nitrogens with zero attached hydrogens (tertiary/aromatic N) is 3. The fraction of sp³-hybridized carbons (Fsp3) is 0.0588. The van der Waals surface area contributed by atoms with E-state index in [1.165, 1.54) is 18.5 Å². The molecule has 0 bridgehead atoms. The quantitative estimate of drug-likeness (QED) is 0.770. The summed E-state index contributed by atoms with van der Waals surface area (Å²) in [6.45, 7) is 0. The standard InChI is InChI=1S/C17H12ClFN4/c18-13-6-4-11(5-7-13)15-9-16(12-2-1-3-14(19)8-12)23-17(22-15)20-10-21-23/h1-10,16H,(H,20,21,22). The van der Waals surface area contributed by atoms with E-state index < -0.39 is 0 Å². The highest BCUT2D eigenvalue weighted by Crippen LogP contribution is 2.32. The molecule has 6 heteroatoms. The molecule has 4 nitrogen and oxygen atoms in total. The van der Waals surface area contributed by atoms with Crippen molar-refractivity contribution in [3.05, 3.63) is 82.9 Å². The van der Waals surface area contributed by atoms with Gasteiger partial charge in [-0.2, -0.15) is 10.1 Å². The predicted molar refractivity (Wildman–Crippen MR) is 87.6 cm³/mol. The van der Waals surface area contributed by atoms with Gasteiger partial charge in [-0.05, 0) is 41.5 Å². The summed E-state index contributed by atoms with van der Waals surface area (Å²) in [5.74, 6) is 0.343. The minimum absolute atomic E-state index is 0.227. The molecule has 1 aliphatic rings. The number of benzene rings is 2. The molecule has 3 aromatic rings. The Kier molecular flexibility index (Phi) is 3.35. The zero-order chi connectivity index (χ0) is 15.8. The van der Waals surface area contributed by atoms with Crippen molar-refractivity contribution in [2.45, 2.75) is 6.04 Å². The third-order valence-electron chi connectivity index (χ3n) is 3.75. The molecule has 1 atom stereocenters. The molecule has 0 amide bonds. The summed E-state index contributed by atoms with van der Waals surface area (Å²) in [6, 6.07) is 13.8. The lowest BCUT2D eigenvalue weighted by Crippen LogP contribution is -2.20. The first kappa shape index (κ1) is 14.0. The highest BCUT2D eigenvalue weighted by molar-refractivity contribution is 6.30. The number of hydrogen-bond donors (Lipinski definition) is 1. The van der Waals surface area contributed by atoms with Gasteiger partial charge in [-0.3, -0.25) is 0 Å². The smallest absolute Gasteiger partial charge is 0.226 e. The summed E-state index contributed by atoms with van der Waals surface area (Å²) in [4.78, 5) is 4.23. The molecule has 1 aromatic heterocycles. The van der Waals surface area contributed by atoms with Crippen LogP contribution in [0.5, 0.6) is 0 Å². The van der Waals surface area contributed by atoms with Gasteiger partial charge in [0.1, 0.15) is 18.2 Å². The summed E-state index contributed by atoms with van der Waals surface area (Å²) in [6.07, 6.45) is 3.48. The fourth-order valence-corrected chi connectivity index (χ4v) is 2.79. The van der Waals surface area contributed by atoms with E-state index in [9.17, 15) is 4.39 Å². The monoisotopic (exact) mass is 326 g/mol. The van der Waals surface area contributed by atoms with E-state index in [0.29, 0.717) is 11.0 Å². The molecule has 1 N–H and O–H groups in total. The van der Waals surface area contributed by atoms with Crippen LogP contribution >= 0.6 is 11.6 Å². The number of halogens is 2. The Labute approximate surface area is 137 Å². The topological polar surface area (TPSA) is 42.7 Å². The molecular weight excluding hydrogens is 315 g/mol. The van der Waals surface area contributed by atoms with Gasteiger partial charge in [-0.25, -0.2) is 9.07 Å². The fourth-order valence-electron chi connectivity index (χ4n) is 2.66. The molecule has 0 saturated carbocycles. The van der Waals surface area contributed by atoms with Gasteiger partial charge in [0.15, 0.2) is 0 Å². The van der Waals surface area contributed by atoms with Crippen molar-refractivity contribution >= 4 is 23.2 Å². The SMILES string of the molecule is Fc1cccc(C2C=C(c3ccc(Cl)cc3)Nc3ncnn32)c1. The third-order valence-corrected chi connectivity index (χ3v) is 4.00. The summed E-state index contributed by atoms with van der Waals surface area (Å²) in [5, 5.41) is 8.16. The Hall–Kier alpha value is -2.66. The van der Waals surface area contributed by atoms with Gasteiger partial charge in [0.25, 0.3) is 0 Å². The van der Waals surface area contributed by atoms with E-state index in [0.717, 1.165) is 16.8 Å². The zero-order valence-electron chi connectivity index (χ0n) is 11.9. The highest BCUT2D eigenvalue weighted by Gasteiger charge is 2.23. The average Bonchev–Trinajstić information content (AvgIpc) is 3.03. The number of allylic oxidation sites excluding steroid dienone is 1. The van der Waals surface area contributed by atoms with Crippen molar-refractivity contribution in [2.75, 3.05) is 5.32 Å². The van der Waals surface area contributed by atoms with Gasteiger partial charge in [0, 0.05) is 10.7 Å². The third kappa shape index (κ3) is 2.59. The van der Waals surface area contributed by atoms with Gasteiger partial charge < -0.3 is 5.32 Å². The predicted octanol–water partition coefficient (Wildman–Crippen LogP) is 4.13. The number of rotatable bonds is 2. The molecule has 0 radical (unpaired) electrons. The number of fused-ring (bicyclic) bond motifs is 1. The second kappa shape index (κ2) is 5.52. The molecular formula is C17H12ClFN4. The van der Waals surface area contributed by atoms with Crippen LogP contribution in [0.4, 0.5) is 10.3 Å². The van der Waals surface area contributed by atoms with Crippen LogP contribution in [0.2, 0.25) is 5.02 Å². The molecule has 114 valence electrons. The lowest BCUT2D eigenvalue weighted by atomic mass is 10.0. The van der Waals surface area contributed by atoms with Crippen molar-refractivity contribution in [3.8, 4) is 0 Å². The molecule has 0 aliphatic carbocycles. The maximum Gasteiger partial charge on any atom is 0.226 e. The lowest BCUT2D eigenvalue weighted by molar-refractivity contribution is 0.593. The van der Waals surface area contributed by atoms with Crippen molar-refractivity contribution in [3.63, 3.8) is 0 Å². The minimum Gasteiger partial charge on any atom is -0.324 e. The average molecular weight is 327 g/mol. The van der Waals surface area contributed by atoms with Crippen molar-refractivity contribution < 1.29 is 4.39 Å². The number of hydrogen-bond acceptors (Lipinski definition) is 3. The van der Waals surface area contributed by atoms with Crippen molar-refractivity contribution in [2.24, 2.45) is 0 Å². The van der Waals surface area contributed by atoms with Crippen LogP contribution < -0.4 is 5.32 Å². The molecule has 23 heavy (non-hydrogen) atoms. The Bertz CT molecular complexity index is 886. The van der Waals surface area contributed by atoms with Gasteiger partial charge in [0.05, 0.1) is 0 Å². The molecule has 0 spiro atoms. The van der Waals surface area contributed by atoms with Crippen LogP contribution in [0.3, 0.4) is 0 Å². The van der Waals surface area contributed by atoms with Gasteiger partial charge in [-0.1, -0.05) is 35.9 Å². The first-order valence-corrected chi connectivity index (χ1v) is 7.48. The van der Waals surface area contributed by atoms with Gasteiger partial charge in [0.2, 0.25) is 5.95 Å².